The molecule has 0 amide bonds. The second-order valence-electron chi connectivity index (χ2n) is 25.3. The number of aryl methyl sites for hydroxylation is 10. The topological polar surface area (TPSA) is 262 Å². The first-order valence-electron chi connectivity index (χ1n) is 43.6. The van der Waals surface area contributed by atoms with Crippen molar-refractivity contribution < 1.29 is 4.74 Å². The summed E-state index contributed by atoms with van der Waals surface area (Å²) in [5.41, 5.74) is 14.6. The minimum atomic E-state index is 0.636. The fourth-order valence-electron chi connectivity index (χ4n) is 12.6. The summed E-state index contributed by atoms with van der Waals surface area (Å²) in [5.74, 6) is 6.06. The lowest BCUT2D eigenvalue weighted by molar-refractivity contribution is 0.303. The Morgan fingerprint density at radius 1 is 0.317 bits per heavy atom. The Labute approximate surface area is 741 Å². The van der Waals surface area contributed by atoms with E-state index in [-0.39, 0.29) is 0 Å². The summed E-state index contributed by atoms with van der Waals surface area (Å²) < 4.78 is 8.20. The standard InChI is InChI=1S/C14H17N3S.C14H15N3S.C13H16N4S.C13H14N4S.C13H15N3OS.C13H15N3S2.6C2H6/c2*1-3-10-7-11-12(18-10)6-5-9-8-16-14(15-4-2)17-13(9)11;2*1-3-10-16-12-9(18-10)6-5-8-7-15-13(14-4-2)17-11(8)12;2*1-3-8-5-9-11(18-8)7-17-10-6-15-13(14-4-2)16-12(9)10;6*1-2/h7-8H,3-6H2,1-2H3,(H,15,16,17);5-8H,3-4H2,1-2H3,(H,15,16,17);7H,3-6H2,1-2H3,(H,14,15,17);5-7H,3-4H2,1-2H3,(H,14,15,17);2*5-6H,3-4,7H2,1-2H3,(H,14,15,16);6*1-2H3. The van der Waals surface area contributed by atoms with E-state index in [1.165, 1.54) is 91.5 Å². The Hall–Kier alpha value is -9.03. The first-order chi connectivity index (χ1) is 58.9. The van der Waals surface area contributed by atoms with E-state index in [0.29, 0.717) is 30.4 Å². The van der Waals surface area contributed by atoms with Gasteiger partial charge in [-0.3, -0.25) is 0 Å². The van der Waals surface area contributed by atoms with Crippen LogP contribution in [-0.4, -0.2) is 109 Å². The van der Waals surface area contributed by atoms with Gasteiger partial charge in [0.15, 0.2) is 5.75 Å². The second-order valence-corrected chi connectivity index (χ2v) is 33.5. The molecule has 0 unspecified atom stereocenters. The van der Waals surface area contributed by atoms with Gasteiger partial charge in [-0.1, -0.05) is 125 Å². The molecule has 0 saturated carbocycles. The number of hydrogen-bond donors (Lipinski definition) is 6. The van der Waals surface area contributed by atoms with Crippen molar-refractivity contribution in [3.63, 3.8) is 0 Å². The fraction of sp³-hybridized carbons (Fsp3) is 0.457. The Morgan fingerprint density at radius 2 is 0.733 bits per heavy atom. The zero-order chi connectivity index (χ0) is 87.2. The quantitative estimate of drug-likeness (QED) is 0.0466. The lowest BCUT2D eigenvalue weighted by Gasteiger charge is -2.16. The van der Waals surface area contributed by atoms with Crippen LogP contribution in [0.4, 0.5) is 35.7 Å². The van der Waals surface area contributed by atoms with Gasteiger partial charge in [0.1, 0.15) is 29.0 Å². The van der Waals surface area contributed by atoms with E-state index in [2.05, 4.69) is 201 Å². The molecule has 6 N–H and O–H groups in total. The predicted molar refractivity (Wildman–Crippen MR) is 525 cm³/mol. The van der Waals surface area contributed by atoms with Gasteiger partial charge in [-0.15, -0.1) is 79.8 Å². The average Bonchev–Trinajstić information content (AvgIpc) is 1.63. The molecule has 0 fully saturated rings. The van der Waals surface area contributed by atoms with E-state index >= 15 is 0 Å². The number of rotatable bonds is 18. The van der Waals surface area contributed by atoms with Crippen molar-refractivity contribution in [2.24, 2.45) is 0 Å². The number of benzene rings is 2. The van der Waals surface area contributed by atoms with E-state index in [0.717, 1.165) is 188 Å². The van der Waals surface area contributed by atoms with Crippen molar-refractivity contribution >= 4 is 158 Å². The summed E-state index contributed by atoms with van der Waals surface area (Å²) in [5, 5.41) is 24.7. The molecule has 12 aromatic heterocycles. The molecule has 2 aliphatic carbocycles. The molecule has 4 aliphatic rings. The highest BCUT2D eigenvalue weighted by Crippen LogP contribution is 2.46. The molecule has 14 heterocycles. The first-order valence-corrected chi connectivity index (χ1v) is 49.5. The maximum Gasteiger partial charge on any atom is 0.223 e. The van der Waals surface area contributed by atoms with Crippen molar-refractivity contribution in [2.75, 3.05) is 71.2 Å². The van der Waals surface area contributed by atoms with E-state index in [4.69, 9.17) is 9.72 Å². The van der Waals surface area contributed by atoms with Gasteiger partial charge in [0.25, 0.3) is 0 Å². The summed E-state index contributed by atoms with van der Waals surface area (Å²) in [6, 6.07) is 17.5. The van der Waals surface area contributed by atoms with Crippen LogP contribution >= 0.6 is 79.8 Å². The van der Waals surface area contributed by atoms with Gasteiger partial charge in [0, 0.05) is 148 Å². The Balaban J connectivity index is 0.000000193. The van der Waals surface area contributed by atoms with Gasteiger partial charge in [-0.25, -0.2) is 69.8 Å². The number of thiophene rings is 4. The van der Waals surface area contributed by atoms with Gasteiger partial charge >= 0.3 is 0 Å². The minimum absolute atomic E-state index is 0.636. The lowest BCUT2D eigenvalue weighted by atomic mass is 9.96. The Bertz CT molecular complexity index is 4890. The van der Waals surface area contributed by atoms with Gasteiger partial charge in [0.05, 0.1) is 53.3 Å². The van der Waals surface area contributed by atoms with Crippen LogP contribution in [0.3, 0.4) is 0 Å². The average molecular weight is 1750 g/mol. The molecule has 0 spiro atoms. The van der Waals surface area contributed by atoms with Crippen molar-refractivity contribution in [1.29, 1.82) is 0 Å². The van der Waals surface area contributed by atoms with Crippen molar-refractivity contribution in [1.82, 2.24) is 69.8 Å². The predicted octanol–water partition coefficient (Wildman–Crippen LogP) is 26.1. The number of fused-ring (bicyclic) bond motifs is 18. The maximum atomic E-state index is 5.70. The van der Waals surface area contributed by atoms with Crippen molar-refractivity contribution in [3.05, 3.63) is 146 Å². The van der Waals surface area contributed by atoms with Gasteiger partial charge in [-0.2, -0.15) is 0 Å². The molecular formula is C92H128N20OS7. The summed E-state index contributed by atoms with van der Waals surface area (Å²) in [6.45, 7) is 55.0. The van der Waals surface area contributed by atoms with Gasteiger partial charge in [-0.05, 0) is 165 Å². The smallest absolute Gasteiger partial charge is 0.223 e. The summed E-state index contributed by atoms with van der Waals surface area (Å²) in [4.78, 5) is 75.4. The van der Waals surface area contributed by atoms with Crippen LogP contribution in [0.15, 0.2) is 90.6 Å². The molecule has 2 aromatic carbocycles. The first kappa shape index (κ1) is 98.1. The molecule has 14 aromatic rings. The zero-order valence-corrected chi connectivity index (χ0v) is 81.1. The number of hydrogen-bond acceptors (Lipinski definition) is 28. The van der Waals surface area contributed by atoms with Gasteiger partial charge in [0.2, 0.25) is 35.7 Å². The number of ether oxygens (including phenoxy) is 1. The zero-order valence-electron chi connectivity index (χ0n) is 75.3. The largest absolute Gasteiger partial charge is 0.484 e. The molecule has 28 heteroatoms. The van der Waals surface area contributed by atoms with E-state index in [1.807, 2.05) is 210 Å². The van der Waals surface area contributed by atoms with E-state index < -0.39 is 0 Å². The monoisotopic (exact) mass is 1750 g/mol. The van der Waals surface area contributed by atoms with Crippen LogP contribution in [0.1, 0.15) is 226 Å². The van der Waals surface area contributed by atoms with Crippen LogP contribution in [0.2, 0.25) is 0 Å². The molecule has 120 heavy (non-hydrogen) atoms. The molecule has 0 saturated heterocycles. The highest BCUT2D eigenvalue weighted by molar-refractivity contribution is 7.98. The van der Waals surface area contributed by atoms with Gasteiger partial charge < -0.3 is 36.6 Å². The normalized spacial score (nSPS) is 11.4. The van der Waals surface area contributed by atoms with Crippen molar-refractivity contribution in [3.8, 4) is 50.9 Å². The number of anilines is 6. The Kier molecular flexibility index (Phi) is 42.2. The molecule has 0 radical (unpaired) electrons. The SMILES string of the molecule is CC.CC.CC.CC.CC.CC.CCNc1ncc2c(n1)-c1cc(CC)sc1CC2.CCNc1ncc2c(n1)-c1cc(CC)sc1CO2.CCNc1ncc2c(n1)-c1cc(CC)sc1CS2.CCNc1ncc2c(n1)-c1nc(CC)sc1CC2.CCNc1ncc2ccc3sc(CC)cc3c2n1.CCNc1ncc2ccc3sc(CC)nc3c2n1. The molecule has 0 atom stereocenters. The third-order valence-corrected chi connectivity index (χ3v) is 26.7. The fourth-order valence-corrected chi connectivity index (χ4v) is 19.8. The Morgan fingerprint density at radius 3 is 1.27 bits per heavy atom. The third-order valence-electron chi connectivity index (χ3n) is 18.0. The lowest BCUT2D eigenvalue weighted by Crippen LogP contribution is -2.09. The number of thioether (sulfide) groups is 1. The number of aromatic nitrogens is 14. The van der Waals surface area contributed by atoms with E-state index in [1.54, 1.807) is 17.5 Å². The summed E-state index contributed by atoms with van der Waals surface area (Å²) >= 11 is 12.9. The van der Waals surface area contributed by atoms with Crippen LogP contribution in [0, 0.1) is 0 Å². The minimum Gasteiger partial charge on any atom is -0.484 e. The second kappa shape index (κ2) is 51.7. The highest BCUT2D eigenvalue weighted by Gasteiger charge is 2.27. The maximum absolute atomic E-state index is 5.70. The van der Waals surface area contributed by atoms with Crippen LogP contribution < -0.4 is 36.6 Å². The molecule has 21 nitrogen and oxygen atoms in total. The van der Waals surface area contributed by atoms with E-state index in [9.17, 15) is 0 Å². The summed E-state index contributed by atoms with van der Waals surface area (Å²) in [7, 11) is 0. The summed E-state index contributed by atoms with van der Waals surface area (Å²) in [6.07, 6.45) is 22.0. The number of thiazole rings is 2. The van der Waals surface area contributed by atoms with Crippen molar-refractivity contribution in [2.45, 2.75) is 248 Å². The molecular weight excluding hydrogens is 1630 g/mol. The third kappa shape index (κ3) is 25.1. The number of nitrogens with zero attached hydrogens (tertiary/aromatic N) is 14. The van der Waals surface area contributed by atoms with Crippen LogP contribution in [0.25, 0.3) is 87.3 Å². The molecule has 0 bridgehead atoms. The van der Waals surface area contributed by atoms with Crippen LogP contribution in [0.5, 0.6) is 5.75 Å². The van der Waals surface area contributed by atoms with Crippen LogP contribution in [-0.2, 0) is 76.6 Å². The molecule has 2 aliphatic heterocycles. The molecule has 644 valence electrons. The number of nitrogens with one attached hydrogen (secondary N) is 6. The molecule has 18 rings (SSSR count). The highest BCUT2D eigenvalue weighted by atomic mass is 32.2.